The molecule has 1 atom stereocenters. The molecule has 1 aliphatic heterocycles. The second-order valence-corrected chi connectivity index (χ2v) is 4.21. The number of allylic oxidation sites excluding steroid dienone is 1. The van der Waals surface area contributed by atoms with E-state index < -0.39 is 0 Å². The third-order valence-electron chi connectivity index (χ3n) is 3.08. The number of amides is 1. The lowest BCUT2D eigenvalue weighted by Crippen LogP contribution is -2.33. The predicted octanol–water partition coefficient (Wildman–Crippen LogP) is 1.47. The Morgan fingerprint density at radius 3 is 3.18 bits per heavy atom. The molecule has 3 heterocycles. The van der Waals surface area contributed by atoms with Crippen LogP contribution < -0.4 is 5.32 Å². The van der Waals surface area contributed by atoms with Gasteiger partial charge in [0, 0.05) is 23.5 Å². The monoisotopic (exact) mass is 228 g/mol. The Hall–Kier alpha value is -2.17. The van der Waals surface area contributed by atoms with Crippen LogP contribution in [0.4, 0.5) is 0 Å². The van der Waals surface area contributed by atoms with Gasteiger partial charge in [-0.25, -0.2) is 0 Å². The first kappa shape index (κ1) is 10.0. The van der Waals surface area contributed by atoms with Gasteiger partial charge in [0.15, 0.2) is 0 Å². The summed E-state index contributed by atoms with van der Waals surface area (Å²) in [5, 5.41) is 10.9. The molecule has 0 bridgehead atoms. The highest BCUT2D eigenvalue weighted by atomic mass is 16.2. The van der Waals surface area contributed by atoms with E-state index in [1.165, 1.54) is 0 Å². The Bertz CT molecular complexity index is 601. The van der Waals surface area contributed by atoms with E-state index in [0.717, 1.165) is 35.1 Å². The second-order valence-electron chi connectivity index (χ2n) is 4.21. The molecule has 2 N–H and O–H groups in total. The maximum atomic E-state index is 11.9. The van der Waals surface area contributed by atoms with Crippen LogP contribution in [-0.4, -0.2) is 21.1 Å². The van der Waals surface area contributed by atoms with Gasteiger partial charge in [0.25, 0.3) is 0 Å². The number of carbonyl (C=O) groups is 1. The van der Waals surface area contributed by atoms with E-state index in [0.29, 0.717) is 0 Å². The molecule has 0 aliphatic carbocycles. The number of hydrogen-bond acceptors (Lipinski definition) is 3. The summed E-state index contributed by atoms with van der Waals surface area (Å²) in [4.78, 5) is 16.0. The maximum absolute atomic E-state index is 11.9. The molecule has 17 heavy (non-hydrogen) atoms. The quantitative estimate of drug-likeness (QED) is 0.776. The van der Waals surface area contributed by atoms with Gasteiger partial charge in [0.1, 0.15) is 0 Å². The fraction of sp³-hybridized carbons (Fsp3) is 0.250. The smallest absolute Gasteiger partial charge is 0.233 e. The van der Waals surface area contributed by atoms with E-state index in [9.17, 15) is 4.79 Å². The van der Waals surface area contributed by atoms with Crippen molar-refractivity contribution in [2.24, 2.45) is 0 Å². The van der Waals surface area contributed by atoms with Gasteiger partial charge in [-0.2, -0.15) is 5.10 Å². The molecule has 1 unspecified atom stereocenters. The zero-order chi connectivity index (χ0) is 11.8. The Labute approximate surface area is 97.9 Å². The first-order valence-corrected chi connectivity index (χ1v) is 5.52. The molecule has 86 valence electrons. The molecular weight excluding hydrogens is 216 g/mol. The minimum Gasteiger partial charge on any atom is -0.330 e. The van der Waals surface area contributed by atoms with Gasteiger partial charge in [-0.15, -0.1) is 0 Å². The van der Waals surface area contributed by atoms with Crippen molar-refractivity contribution >= 4 is 16.8 Å². The van der Waals surface area contributed by atoms with Crippen LogP contribution in [0.1, 0.15) is 24.5 Å². The van der Waals surface area contributed by atoms with Crippen molar-refractivity contribution < 1.29 is 4.79 Å². The Morgan fingerprint density at radius 1 is 1.47 bits per heavy atom. The van der Waals surface area contributed by atoms with Crippen LogP contribution in [0.2, 0.25) is 0 Å². The number of aromatic nitrogens is 3. The van der Waals surface area contributed by atoms with Crippen molar-refractivity contribution in [2.45, 2.75) is 18.8 Å². The molecule has 0 saturated carbocycles. The van der Waals surface area contributed by atoms with Gasteiger partial charge in [0.2, 0.25) is 5.91 Å². The lowest BCUT2D eigenvalue weighted by atomic mass is 9.92. The lowest BCUT2D eigenvalue weighted by molar-refractivity contribution is -0.122. The van der Waals surface area contributed by atoms with Gasteiger partial charge >= 0.3 is 0 Å². The SMILES string of the molecule is C=C1CCC(c2n[nH]c3ccncc23)C(=O)N1. The molecule has 0 radical (unpaired) electrons. The van der Waals surface area contributed by atoms with Crippen LogP contribution in [0.3, 0.4) is 0 Å². The Morgan fingerprint density at radius 2 is 2.35 bits per heavy atom. The van der Waals surface area contributed by atoms with Crippen molar-refractivity contribution in [3.8, 4) is 0 Å². The van der Waals surface area contributed by atoms with Crippen LogP contribution in [0.15, 0.2) is 30.7 Å². The highest BCUT2D eigenvalue weighted by molar-refractivity contribution is 5.91. The minimum atomic E-state index is -0.210. The summed E-state index contributed by atoms with van der Waals surface area (Å²) in [7, 11) is 0. The number of fused-ring (bicyclic) bond motifs is 1. The van der Waals surface area contributed by atoms with Gasteiger partial charge in [-0.05, 0) is 18.9 Å². The molecule has 2 aromatic heterocycles. The summed E-state index contributed by atoms with van der Waals surface area (Å²) < 4.78 is 0. The van der Waals surface area contributed by atoms with Crippen LogP contribution in [-0.2, 0) is 4.79 Å². The summed E-state index contributed by atoms with van der Waals surface area (Å²) in [5.74, 6) is -0.239. The third kappa shape index (κ3) is 1.60. The summed E-state index contributed by atoms with van der Waals surface area (Å²) >= 11 is 0. The van der Waals surface area contributed by atoms with Crippen molar-refractivity contribution in [1.29, 1.82) is 0 Å². The van der Waals surface area contributed by atoms with Crippen molar-refractivity contribution in [3.63, 3.8) is 0 Å². The number of pyridine rings is 1. The molecule has 5 heteroatoms. The highest BCUT2D eigenvalue weighted by Crippen LogP contribution is 2.29. The number of aromatic amines is 1. The van der Waals surface area contributed by atoms with E-state index >= 15 is 0 Å². The summed E-state index contributed by atoms with van der Waals surface area (Å²) in [6, 6.07) is 1.85. The first-order chi connectivity index (χ1) is 8.25. The van der Waals surface area contributed by atoms with E-state index in [2.05, 4.69) is 27.1 Å². The largest absolute Gasteiger partial charge is 0.330 e. The average molecular weight is 228 g/mol. The molecule has 1 aliphatic rings. The number of hydrogen-bond donors (Lipinski definition) is 2. The van der Waals surface area contributed by atoms with Gasteiger partial charge in [0.05, 0.1) is 17.1 Å². The Kier molecular flexibility index (Phi) is 2.18. The lowest BCUT2D eigenvalue weighted by Gasteiger charge is -2.22. The minimum absolute atomic E-state index is 0.0292. The van der Waals surface area contributed by atoms with Crippen molar-refractivity contribution in [3.05, 3.63) is 36.4 Å². The van der Waals surface area contributed by atoms with E-state index in [1.807, 2.05) is 6.07 Å². The molecule has 1 saturated heterocycles. The number of H-pyrrole nitrogens is 1. The maximum Gasteiger partial charge on any atom is 0.233 e. The number of carbonyl (C=O) groups excluding carboxylic acids is 1. The number of nitrogens with one attached hydrogen (secondary N) is 2. The molecule has 1 fully saturated rings. The zero-order valence-corrected chi connectivity index (χ0v) is 9.23. The van der Waals surface area contributed by atoms with Crippen LogP contribution >= 0.6 is 0 Å². The van der Waals surface area contributed by atoms with Crippen LogP contribution in [0.25, 0.3) is 10.9 Å². The molecule has 3 rings (SSSR count). The van der Waals surface area contributed by atoms with Crippen LogP contribution in [0.5, 0.6) is 0 Å². The zero-order valence-electron chi connectivity index (χ0n) is 9.23. The Balaban J connectivity index is 2.04. The number of nitrogens with zero attached hydrogens (tertiary/aromatic N) is 2. The normalized spacial score (nSPS) is 20.6. The number of piperidine rings is 1. The second kappa shape index (κ2) is 3.69. The average Bonchev–Trinajstić information content (AvgIpc) is 2.73. The highest BCUT2D eigenvalue weighted by Gasteiger charge is 2.28. The fourth-order valence-corrected chi connectivity index (χ4v) is 2.18. The number of rotatable bonds is 1. The summed E-state index contributed by atoms with van der Waals surface area (Å²) in [6.07, 6.45) is 4.99. The molecule has 5 nitrogen and oxygen atoms in total. The van der Waals surface area contributed by atoms with Crippen molar-refractivity contribution in [1.82, 2.24) is 20.5 Å². The molecule has 0 aromatic carbocycles. The van der Waals surface area contributed by atoms with Gasteiger partial charge in [-0.1, -0.05) is 6.58 Å². The standard InChI is InChI=1S/C12H12N4O/c1-7-2-3-8(12(17)14-7)11-9-6-13-5-4-10(9)15-16-11/h4-6,8H,1-3H2,(H,14,17)(H,15,16). The van der Waals surface area contributed by atoms with E-state index in [-0.39, 0.29) is 11.8 Å². The van der Waals surface area contributed by atoms with Crippen LogP contribution in [0, 0.1) is 0 Å². The van der Waals surface area contributed by atoms with E-state index in [1.54, 1.807) is 12.4 Å². The summed E-state index contributed by atoms with van der Waals surface area (Å²) in [6.45, 7) is 3.77. The molecule has 0 spiro atoms. The van der Waals surface area contributed by atoms with Crippen molar-refractivity contribution in [2.75, 3.05) is 0 Å². The molecule has 1 amide bonds. The first-order valence-electron chi connectivity index (χ1n) is 5.52. The van der Waals surface area contributed by atoms with E-state index in [4.69, 9.17) is 0 Å². The predicted molar refractivity (Wildman–Crippen MR) is 63.1 cm³/mol. The fourth-order valence-electron chi connectivity index (χ4n) is 2.18. The summed E-state index contributed by atoms with van der Waals surface area (Å²) in [5.41, 5.74) is 2.47. The molecule has 2 aromatic rings. The van der Waals surface area contributed by atoms with Gasteiger partial charge < -0.3 is 5.32 Å². The topological polar surface area (TPSA) is 70.7 Å². The third-order valence-corrected chi connectivity index (χ3v) is 3.08. The molecular formula is C12H12N4O. The van der Waals surface area contributed by atoms with Gasteiger partial charge in [-0.3, -0.25) is 14.9 Å².